The third-order valence-electron chi connectivity index (χ3n) is 5.37. The molecular formula is C19H31N3O6S. The Morgan fingerprint density at radius 1 is 0.966 bits per heavy atom. The van der Waals surface area contributed by atoms with E-state index in [4.69, 9.17) is 14.2 Å². The highest BCUT2D eigenvalue weighted by Crippen LogP contribution is 2.30. The van der Waals surface area contributed by atoms with Gasteiger partial charge < -0.3 is 19.3 Å². The fraction of sp³-hybridized carbons (Fsp3) is 0.684. The van der Waals surface area contributed by atoms with E-state index in [1.165, 1.54) is 30.7 Å². The number of β-amino-alcohol motifs (C(OH)–C–C–N with tert-alkyl or cyclic N) is 1. The molecule has 29 heavy (non-hydrogen) atoms. The van der Waals surface area contributed by atoms with Crippen LogP contribution in [0.5, 0.6) is 11.5 Å². The van der Waals surface area contributed by atoms with Gasteiger partial charge in [0, 0.05) is 58.4 Å². The molecule has 0 radical (unpaired) electrons. The fourth-order valence-electron chi connectivity index (χ4n) is 3.72. The summed E-state index contributed by atoms with van der Waals surface area (Å²) >= 11 is 0. The van der Waals surface area contributed by atoms with E-state index in [9.17, 15) is 13.5 Å². The molecule has 2 saturated heterocycles. The molecule has 0 unspecified atom stereocenters. The molecule has 3 rings (SSSR count). The summed E-state index contributed by atoms with van der Waals surface area (Å²) in [5.74, 6) is 0.879. The lowest BCUT2D eigenvalue weighted by Gasteiger charge is -2.36. The van der Waals surface area contributed by atoms with Crippen LogP contribution < -0.4 is 9.47 Å². The van der Waals surface area contributed by atoms with E-state index in [-0.39, 0.29) is 4.90 Å². The van der Waals surface area contributed by atoms with E-state index in [1.807, 2.05) is 0 Å². The highest BCUT2D eigenvalue weighted by Gasteiger charge is 2.30. The number of hydrogen-bond acceptors (Lipinski definition) is 8. The van der Waals surface area contributed by atoms with Crippen molar-refractivity contribution in [2.75, 3.05) is 79.8 Å². The molecule has 164 valence electrons. The molecule has 0 aromatic heterocycles. The lowest BCUT2D eigenvalue weighted by Crippen LogP contribution is -2.52. The van der Waals surface area contributed by atoms with E-state index in [0.29, 0.717) is 64.0 Å². The number of nitrogens with zero attached hydrogens (tertiary/aromatic N) is 3. The molecule has 2 heterocycles. The van der Waals surface area contributed by atoms with Crippen LogP contribution in [0.25, 0.3) is 0 Å². The van der Waals surface area contributed by atoms with Crippen molar-refractivity contribution in [3.05, 3.63) is 18.2 Å². The zero-order valence-electron chi connectivity index (χ0n) is 17.1. The Morgan fingerprint density at radius 2 is 1.55 bits per heavy atom. The van der Waals surface area contributed by atoms with Crippen LogP contribution >= 0.6 is 0 Å². The first-order chi connectivity index (χ1) is 13.9. The molecule has 0 aliphatic carbocycles. The zero-order chi connectivity index (χ0) is 20.9. The van der Waals surface area contributed by atoms with Crippen LogP contribution in [0.2, 0.25) is 0 Å². The van der Waals surface area contributed by atoms with Crippen LogP contribution in [0.1, 0.15) is 0 Å². The molecule has 1 atom stereocenters. The zero-order valence-corrected chi connectivity index (χ0v) is 17.9. The Morgan fingerprint density at radius 3 is 2.14 bits per heavy atom. The smallest absolute Gasteiger partial charge is 0.243 e. The molecule has 0 amide bonds. The van der Waals surface area contributed by atoms with Crippen LogP contribution in [0.15, 0.2) is 23.1 Å². The first-order valence-electron chi connectivity index (χ1n) is 9.86. The first-order valence-corrected chi connectivity index (χ1v) is 11.3. The normalized spacial score (nSPS) is 21.1. The quantitative estimate of drug-likeness (QED) is 0.603. The number of ether oxygens (including phenoxy) is 3. The molecule has 0 spiro atoms. The molecule has 0 saturated carbocycles. The van der Waals surface area contributed by atoms with Gasteiger partial charge in [0.2, 0.25) is 10.0 Å². The molecule has 2 aliphatic rings. The van der Waals surface area contributed by atoms with Gasteiger partial charge in [0.25, 0.3) is 0 Å². The minimum atomic E-state index is -3.61. The van der Waals surface area contributed by atoms with E-state index in [1.54, 1.807) is 6.07 Å². The Kier molecular flexibility index (Phi) is 7.72. The van der Waals surface area contributed by atoms with Crippen LogP contribution in [0.4, 0.5) is 0 Å². The second kappa shape index (κ2) is 10.1. The van der Waals surface area contributed by atoms with Gasteiger partial charge in [0.1, 0.15) is 0 Å². The molecule has 1 aromatic carbocycles. The first kappa shape index (κ1) is 22.3. The van der Waals surface area contributed by atoms with Gasteiger partial charge in [0.15, 0.2) is 11.5 Å². The van der Waals surface area contributed by atoms with Gasteiger partial charge in [-0.2, -0.15) is 4.31 Å². The highest BCUT2D eigenvalue weighted by atomic mass is 32.2. The maximum atomic E-state index is 13.0. The number of methoxy groups -OCH3 is 2. The minimum absolute atomic E-state index is 0.191. The maximum absolute atomic E-state index is 13.0. The molecule has 10 heteroatoms. The average Bonchev–Trinajstić information content (AvgIpc) is 2.74. The second-order valence-corrected chi connectivity index (χ2v) is 9.23. The number of sulfonamides is 1. The van der Waals surface area contributed by atoms with Gasteiger partial charge in [-0.05, 0) is 12.1 Å². The third-order valence-corrected chi connectivity index (χ3v) is 7.26. The summed E-state index contributed by atoms with van der Waals surface area (Å²) in [6.45, 7) is 6.22. The van der Waals surface area contributed by atoms with Crippen LogP contribution in [0.3, 0.4) is 0 Å². The van der Waals surface area contributed by atoms with Crippen molar-refractivity contribution in [2.24, 2.45) is 0 Å². The molecule has 9 nitrogen and oxygen atoms in total. The Hall–Kier alpha value is -1.43. The van der Waals surface area contributed by atoms with E-state index >= 15 is 0 Å². The summed E-state index contributed by atoms with van der Waals surface area (Å²) in [6, 6.07) is 4.63. The van der Waals surface area contributed by atoms with E-state index in [0.717, 1.165) is 13.1 Å². The summed E-state index contributed by atoms with van der Waals surface area (Å²) in [6.07, 6.45) is -0.456. The number of morpholine rings is 1. The van der Waals surface area contributed by atoms with Crippen molar-refractivity contribution in [3.8, 4) is 11.5 Å². The molecule has 2 fully saturated rings. The summed E-state index contributed by atoms with van der Waals surface area (Å²) in [5.41, 5.74) is 0. The minimum Gasteiger partial charge on any atom is -0.493 e. The lowest BCUT2D eigenvalue weighted by atomic mass is 10.2. The Balaban J connectivity index is 1.54. The standard InChI is InChI=1S/C19H31N3O6S/c1-26-18-4-3-17(13-19(18)27-2)29(24,25)22-7-5-20(6-8-22)14-16(23)15-21-9-11-28-12-10-21/h3-4,13,16,23H,5-12,14-15H2,1-2H3/t16-/m0/s1. The van der Waals surface area contributed by atoms with Crippen molar-refractivity contribution in [3.63, 3.8) is 0 Å². The predicted molar refractivity (Wildman–Crippen MR) is 108 cm³/mol. The highest BCUT2D eigenvalue weighted by molar-refractivity contribution is 7.89. The number of benzene rings is 1. The summed E-state index contributed by atoms with van der Waals surface area (Å²) < 4.78 is 43.2. The monoisotopic (exact) mass is 429 g/mol. The Bertz CT molecular complexity index is 761. The predicted octanol–water partition coefficient (Wildman–Crippen LogP) is -0.297. The molecule has 2 aliphatic heterocycles. The lowest BCUT2D eigenvalue weighted by molar-refractivity contribution is 0.00469. The largest absolute Gasteiger partial charge is 0.493 e. The number of aliphatic hydroxyl groups is 1. The fourth-order valence-corrected chi connectivity index (χ4v) is 5.15. The van der Waals surface area contributed by atoms with Crippen molar-refractivity contribution in [2.45, 2.75) is 11.0 Å². The molecular weight excluding hydrogens is 398 g/mol. The number of rotatable bonds is 8. The van der Waals surface area contributed by atoms with E-state index < -0.39 is 16.1 Å². The Labute approximate surface area is 172 Å². The second-order valence-electron chi connectivity index (χ2n) is 7.29. The number of hydrogen-bond donors (Lipinski definition) is 1. The van der Waals surface area contributed by atoms with Gasteiger partial charge in [-0.3, -0.25) is 9.80 Å². The van der Waals surface area contributed by atoms with Gasteiger partial charge in [-0.1, -0.05) is 0 Å². The van der Waals surface area contributed by atoms with Gasteiger partial charge >= 0.3 is 0 Å². The maximum Gasteiger partial charge on any atom is 0.243 e. The van der Waals surface area contributed by atoms with Crippen molar-refractivity contribution < 1.29 is 27.7 Å². The van der Waals surface area contributed by atoms with Crippen LogP contribution in [-0.4, -0.2) is 114 Å². The topological polar surface area (TPSA) is 91.8 Å². The molecule has 1 N–H and O–H groups in total. The van der Waals surface area contributed by atoms with Crippen LogP contribution in [-0.2, 0) is 14.8 Å². The molecule has 1 aromatic rings. The summed E-state index contributed by atoms with van der Waals surface area (Å²) in [7, 11) is -0.614. The number of aliphatic hydroxyl groups excluding tert-OH is 1. The van der Waals surface area contributed by atoms with Crippen molar-refractivity contribution in [1.29, 1.82) is 0 Å². The summed E-state index contributed by atoms with van der Waals surface area (Å²) in [5, 5.41) is 10.4. The van der Waals surface area contributed by atoms with Crippen molar-refractivity contribution in [1.82, 2.24) is 14.1 Å². The summed E-state index contributed by atoms with van der Waals surface area (Å²) in [4.78, 5) is 4.51. The number of piperazine rings is 1. The van der Waals surface area contributed by atoms with Gasteiger partial charge in [-0.25, -0.2) is 8.42 Å². The van der Waals surface area contributed by atoms with Gasteiger partial charge in [0.05, 0.1) is 38.4 Å². The third kappa shape index (κ3) is 5.59. The molecule has 0 bridgehead atoms. The SMILES string of the molecule is COc1ccc(S(=O)(=O)N2CCN(C[C@H](O)CN3CCOCC3)CC2)cc1OC. The van der Waals surface area contributed by atoms with Crippen LogP contribution in [0, 0.1) is 0 Å². The van der Waals surface area contributed by atoms with Crippen molar-refractivity contribution >= 4 is 10.0 Å². The van der Waals surface area contributed by atoms with E-state index in [2.05, 4.69) is 9.80 Å². The average molecular weight is 430 g/mol. The van der Waals surface area contributed by atoms with Gasteiger partial charge in [-0.15, -0.1) is 0 Å².